The summed E-state index contributed by atoms with van der Waals surface area (Å²) < 4.78 is 5.46. The molecule has 1 aromatic carbocycles. The van der Waals surface area contributed by atoms with Gasteiger partial charge in [0.25, 0.3) is 0 Å². The molecule has 14 heavy (non-hydrogen) atoms. The van der Waals surface area contributed by atoms with E-state index in [9.17, 15) is 0 Å². The van der Waals surface area contributed by atoms with E-state index in [0.717, 1.165) is 18.6 Å². The van der Waals surface area contributed by atoms with Gasteiger partial charge >= 0.3 is 0 Å². The molecule has 78 valence electrons. The highest BCUT2D eigenvalue weighted by atomic mass is 35.5. The van der Waals surface area contributed by atoms with Gasteiger partial charge in [-0.25, -0.2) is 0 Å². The van der Waals surface area contributed by atoms with Crippen LogP contribution < -0.4 is 10.5 Å². The van der Waals surface area contributed by atoms with E-state index in [1.165, 1.54) is 5.56 Å². The maximum atomic E-state index is 6.03. The molecule has 0 atom stereocenters. The van der Waals surface area contributed by atoms with Crippen LogP contribution in [-0.2, 0) is 6.42 Å². The standard InChI is InChI=1S/C11H16ClNO/c1-2-9-4-5-11(10(12)8-9)14-7-3-6-13/h4-5,8H,2-3,6-7,13H2,1H3. The van der Waals surface area contributed by atoms with E-state index in [4.69, 9.17) is 22.1 Å². The summed E-state index contributed by atoms with van der Waals surface area (Å²) >= 11 is 6.03. The zero-order chi connectivity index (χ0) is 10.4. The Hall–Kier alpha value is -0.730. The zero-order valence-corrected chi connectivity index (χ0v) is 9.18. The third-order valence-corrected chi connectivity index (χ3v) is 2.31. The first kappa shape index (κ1) is 11.3. The van der Waals surface area contributed by atoms with E-state index in [1.54, 1.807) is 0 Å². The fourth-order valence-electron chi connectivity index (χ4n) is 1.15. The van der Waals surface area contributed by atoms with Crippen molar-refractivity contribution in [2.45, 2.75) is 19.8 Å². The molecule has 0 saturated heterocycles. The van der Waals surface area contributed by atoms with E-state index >= 15 is 0 Å². The second-order valence-electron chi connectivity index (χ2n) is 3.11. The maximum Gasteiger partial charge on any atom is 0.137 e. The summed E-state index contributed by atoms with van der Waals surface area (Å²) in [6, 6.07) is 5.89. The smallest absolute Gasteiger partial charge is 0.137 e. The Bertz CT molecular complexity index is 289. The van der Waals surface area contributed by atoms with Crippen molar-refractivity contribution in [3.8, 4) is 5.75 Å². The average Bonchev–Trinajstić information content (AvgIpc) is 2.20. The normalized spacial score (nSPS) is 10.2. The predicted molar refractivity (Wildman–Crippen MR) is 60.0 cm³/mol. The summed E-state index contributed by atoms with van der Waals surface area (Å²) in [5, 5.41) is 0.682. The molecular weight excluding hydrogens is 198 g/mol. The van der Waals surface area contributed by atoms with Gasteiger partial charge in [-0.2, -0.15) is 0 Å². The molecule has 0 aliphatic rings. The highest BCUT2D eigenvalue weighted by Crippen LogP contribution is 2.25. The summed E-state index contributed by atoms with van der Waals surface area (Å²) in [5.41, 5.74) is 6.59. The lowest BCUT2D eigenvalue weighted by Crippen LogP contribution is -2.06. The molecule has 0 aromatic heterocycles. The van der Waals surface area contributed by atoms with Crippen LogP contribution in [0.25, 0.3) is 0 Å². The maximum absolute atomic E-state index is 6.03. The number of benzene rings is 1. The summed E-state index contributed by atoms with van der Waals surface area (Å²) in [4.78, 5) is 0. The monoisotopic (exact) mass is 213 g/mol. The first-order chi connectivity index (χ1) is 6.77. The zero-order valence-electron chi connectivity index (χ0n) is 8.42. The number of halogens is 1. The molecule has 0 heterocycles. The molecule has 0 spiro atoms. The summed E-state index contributed by atoms with van der Waals surface area (Å²) in [6.07, 6.45) is 1.84. The SMILES string of the molecule is CCc1ccc(OCCCN)c(Cl)c1. The highest BCUT2D eigenvalue weighted by Gasteiger charge is 2.01. The Morgan fingerprint density at radius 3 is 2.79 bits per heavy atom. The second-order valence-corrected chi connectivity index (χ2v) is 3.52. The molecule has 0 radical (unpaired) electrons. The van der Waals surface area contributed by atoms with Crippen molar-refractivity contribution in [3.05, 3.63) is 28.8 Å². The average molecular weight is 214 g/mol. The Labute approximate surface area is 90.0 Å². The van der Waals surface area contributed by atoms with Gasteiger partial charge < -0.3 is 10.5 Å². The van der Waals surface area contributed by atoms with Crippen LogP contribution in [0.2, 0.25) is 5.02 Å². The highest BCUT2D eigenvalue weighted by molar-refractivity contribution is 6.32. The van der Waals surface area contributed by atoms with E-state index in [0.29, 0.717) is 18.2 Å². The Morgan fingerprint density at radius 1 is 1.43 bits per heavy atom. The molecule has 0 unspecified atom stereocenters. The number of rotatable bonds is 5. The van der Waals surface area contributed by atoms with Gasteiger partial charge in [0.15, 0.2) is 0 Å². The molecule has 0 aliphatic carbocycles. The van der Waals surface area contributed by atoms with Gasteiger partial charge in [-0.15, -0.1) is 0 Å². The molecular formula is C11H16ClNO. The lowest BCUT2D eigenvalue weighted by atomic mass is 10.2. The van der Waals surface area contributed by atoms with Crippen molar-refractivity contribution < 1.29 is 4.74 Å². The topological polar surface area (TPSA) is 35.2 Å². The quantitative estimate of drug-likeness (QED) is 0.764. The Kier molecular flexibility index (Phi) is 4.77. The summed E-state index contributed by atoms with van der Waals surface area (Å²) in [5.74, 6) is 0.748. The van der Waals surface area contributed by atoms with Gasteiger partial charge in [0, 0.05) is 0 Å². The summed E-state index contributed by atoms with van der Waals surface area (Å²) in [6.45, 7) is 3.37. The number of nitrogens with two attached hydrogens (primary N) is 1. The van der Waals surface area contributed by atoms with Gasteiger partial charge in [-0.3, -0.25) is 0 Å². The molecule has 0 aliphatic heterocycles. The van der Waals surface area contributed by atoms with E-state index < -0.39 is 0 Å². The molecule has 2 N–H and O–H groups in total. The number of ether oxygens (including phenoxy) is 1. The van der Waals surface area contributed by atoms with Gasteiger partial charge in [-0.05, 0) is 37.1 Å². The van der Waals surface area contributed by atoms with E-state index in [1.807, 2.05) is 18.2 Å². The minimum atomic E-state index is 0.627. The summed E-state index contributed by atoms with van der Waals surface area (Å²) in [7, 11) is 0. The Morgan fingerprint density at radius 2 is 2.21 bits per heavy atom. The first-order valence-corrected chi connectivity index (χ1v) is 5.27. The van der Waals surface area contributed by atoms with Crippen LogP contribution in [0.1, 0.15) is 18.9 Å². The van der Waals surface area contributed by atoms with Crippen molar-refractivity contribution in [1.29, 1.82) is 0 Å². The molecule has 2 nitrogen and oxygen atoms in total. The Balaban J connectivity index is 2.59. The van der Waals surface area contributed by atoms with Crippen LogP contribution in [-0.4, -0.2) is 13.2 Å². The molecule has 3 heteroatoms. The molecule has 0 amide bonds. The third kappa shape index (κ3) is 3.20. The van der Waals surface area contributed by atoms with Gasteiger partial charge in [0.2, 0.25) is 0 Å². The minimum Gasteiger partial charge on any atom is -0.492 e. The fraction of sp³-hybridized carbons (Fsp3) is 0.455. The van der Waals surface area contributed by atoms with Crippen LogP contribution in [0, 0.1) is 0 Å². The van der Waals surface area contributed by atoms with Crippen molar-refractivity contribution in [2.24, 2.45) is 5.73 Å². The molecule has 0 saturated carbocycles. The van der Waals surface area contributed by atoms with Crippen LogP contribution in [0.3, 0.4) is 0 Å². The molecule has 0 bridgehead atoms. The predicted octanol–water partition coefficient (Wildman–Crippen LogP) is 2.63. The minimum absolute atomic E-state index is 0.627. The van der Waals surface area contributed by atoms with Gasteiger partial charge in [0.05, 0.1) is 11.6 Å². The second kappa shape index (κ2) is 5.89. The molecule has 0 fully saturated rings. The van der Waals surface area contributed by atoms with E-state index in [2.05, 4.69) is 6.92 Å². The van der Waals surface area contributed by atoms with Crippen molar-refractivity contribution in [2.75, 3.05) is 13.2 Å². The van der Waals surface area contributed by atoms with Crippen LogP contribution in [0.4, 0.5) is 0 Å². The van der Waals surface area contributed by atoms with Crippen molar-refractivity contribution in [1.82, 2.24) is 0 Å². The van der Waals surface area contributed by atoms with Gasteiger partial charge in [-0.1, -0.05) is 24.6 Å². The van der Waals surface area contributed by atoms with Gasteiger partial charge in [0.1, 0.15) is 5.75 Å². The first-order valence-electron chi connectivity index (χ1n) is 4.89. The van der Waals surface area contributed by atoms with E-state index in [-0.39, 0.29) is 0 Å². The lowest BCUT2D eigenvalue weighted by molar-refractivity contribution is 0.313. The van der Waals surface area contributed by atoms with Crippen molar-refractivity contribution in [3.63, 3.8) is 0 Å². The van der Waals surface area contributed by atoms with Crippen LogP contribution in [0.5, 0.6) is 5.75 Å². The molecule has 1 aromatic rings. The number of hydrogen-bond donors (Lipinski definition) is 1. The van der Waals surface area contributed by atoms with Crippen LogP contribution >= 0.6 is 11.6 Å². The largest absolute Gasteiger partial charge is 0.492 e. The fourth-order valence-corrected chi connectivity index (χ4v) is 1.40. The van der Waals surface area contributed by atoms with Crippen LogP contribution in [0.15, 0.2) is 18.2 Å². The number of hydrogen-bond acceptors (Lipinski definition) is 2. The lowest BCUT2D eigenvalue weighted by Gasteiger charge is -2.08. The third-order valence-electron chi connectivity index (χ3n) is 2.01. The number of aryl methyl sites for hydroxylation is 1. The van der Waals surface area contributed by atoms with Crippen molar-refractivity contribution >= 4 is 11.6 Å². The molecule has 1 rings (SSSR count).